The molecule has 12 nitrogen and oxygen atoms in total. The summed E-state index contributed by atoms with van der Waals surface area (Å²) < 4.78 is 36.5. The van der Waals surface area contributed by atoms with E-state index in [1.165, 1.54) is 10.1 Å². The van der Waals surface area contributed by atoms with Crippen LogP contribution in [0.1, 0.15) is 152 Å². The third-order valence-electron chi connectivity index (χ3n) is 11.9. The Morgan fingerprint density at radius 1 is 0.700 bits per heavy atom. The lowest BCUT2D eigenvalue weighted by atomic mass is 9.73. The van der Waals surface area contributed by atoms with Crippen LogP contribution in [0.3, 0.4) is 0 Å². The fraction of sp³-hybridized carbons (Fsp3) is 0.947. The normalized spacial score (nSPS) is 31.8. The topological polar surface area (TPSA) is 136 Å². The van der Waals surface area contributed by atoms with Gasteiger partial charge in [0.05, 0.1) is 37.5 Å². The molecule has 0 saturated carbocycles. The third-order valence-corrected chi connectivity index (χ3v) is 11.9. The zero-order valence-corrected chi connectivity index (χ0v) is 32.3. The van der Waals surface area contributed by atoms with Gasteiger partial charge in [-0.1, -0.05) is 40.5 Å². The molecule has 12 heteroatoms. The molecule has 1 N–H and O–H groups in total. The van der Waals surface area contributed by atoms with E-state index in [0.717, 1.165) is 44.9 Å². The van der Waals surface area contributed by atoms with Gasteiger partial charge < -0.3 is 33.6 Å². The largest absolute Gasteiger partial charge is 0.463 e. The number of rotatable bonds is 18. The predicted octanol–water partition coefficient (Wildman–Crippen LogP) is 6.67. The van der Waals surface area contributed by atoms with Gasteiger partial charge in [-0.3, -0.25) is 9.59 Å². The Labute approximate surface area is 300 Å². The van der Waals surface area contributed by atoms with E-state index in [1.54, 1.807) is 0 Å². The maximum absolute atomic E-state index is 13.2. The van der Waals surface area contributed by atoms with Crippen molar-refractivity contribution in [2.45, 2.75) is 198 Å². The second-order valence-electron chi connectivity index (χ2n) is 16.7. The minimum absolute atomic E-state index is 0.156. The zero-order chi connectivity index (χ0) is 36.8. The number of hydrogen-bond acceptors (Lipinski definition) is 11. The molecule has 4 atom stereocenters. The van der Waals surface area contributed by atoms with Gasteiger partial charge in [-0.15, -0.1) is 10.3 Å². The van der Waals surface area contributed by atoms with Crippen molar-refractivity contribution in [3.63, 3.8) is 0 Å². The molecule has 0 aliphatic carbocycles. The first-order valence-corrected chi connectivity index (χ1v) is 19.4. The van der Waals surface area contributed by atoms with Crippen molar-refractivity contribution in [2.24, 2.45) is 0 Å². The van der Waals surface area contributed by atoms with E-state index in [2.05, 4.69) is 27.7 Å². The lowest BCUT2D eigenvalue weighted by Crippen LogP contribution is -2.66. The quantitative estimate of drug-likeness (QED) is 0.121. The summed E-state index contributed by atoms with van der Waals surface area (Å²) in [5.74, 6) is -1.64. The van der Waals surface area contributed by atoms with E-state index in [-0.39, 0.29) is 30.6 Å². The summed E-state index contributed by atoms with van der Waals surface area (Å²) in [6.07, 6.45) is 9.06. The molecule has 50 heavy (non-hydrogen) atoms. The van der Waals surface area contributed by atoms with Gasteiger partial charge in [0.2, 0.25) is 0 Å². The van der Waals surface area contributed by atoms with Gasteiger partial charge in [0.25, 0.3) is 0 Å². The number of Topliss-reactive ketones (excluding diaryl/α,β-unsaturated/α-hetero) is 1. The fourth-order valence-electron chi connectivity index (χ4n) is 9.11. The number of hydrogen-bond donors (Lipinski definition) is 1. The van der Waals surface area contributed by atoms with E-state index < -0.39 is 33.7 Å². The number of carbonyl (C=O) groups excluding carboxylic acids is 2. The van der Waals surface area contributed by atoms with E-state index in [0.29, 0.717) is 77.8 Å². The summed E-state index contributed by atoms with van der Waals surface area (Å²) in [6, 6.07) is 0. The van der Waals surface area contributed by atoms with Crippen LogP contribution in [0.4, 0.5) is 0 Å². The minimum atomic E-state index is -0.787. The number of ether oxygens (including phenoxy) is 6. The fourth-order valence-corrected chi connectivity index (χ4v) is 9.11. The highest BCUT2D eigenvalue weighted by atomic mass is 16.8. The molecule has 1 radical (unpaired) electrons. The van der Waals surface area contributed by atoms with Crippen LogP contribution in [0.25, 0.3) is 0 Å². The van der Waals surface area contributed by atoms with Gasteiger partial charge in [-0.2, -0.15) is 5.06 Å². The molecule has 0 aromatic rings. The van der Waals surface area contributed by atoms with Crippen molar-refractivity contribution in [3.05, 3.63) is 0 Å². The highest BCUT2D eigenvalue weighted by Crippen LogP contribution is 2.51. The molecule has 4 aliphatic heterocycles. The smallest absolute Gasteiger partial charge is 0.305 e. The van der Waals surface area contributed by atoms with Gasteiger partial charge in [-0.05, 0) is 66.2 Å². The summed E-state index contributed by atoms with van der Waals surface area (Å²) in [4.78, 5) is 24.8. The summed E-state index contributed by atoms with van der Waals surface area (Å²) in [5, 5.41) is 26.9. The molecule has 0 aromatic heterocycles. The highest BCUT2D eigenvalue weighted by Gasteiger charge is 2.60. The predicted molar refractivity (Wildman–Crippen MR) is 186 cm³/mol. The maximum atomic E-state index is 13.2. The number of nitrogens with zero attached hydrogens (tertiary/aromatic N) is 2. The third kappa shape index (κ3) is 9.46. The van der Waals surface area contributed by atoms with E-state index >= 15 is 0 Å². The SMILES string of the molecule is CCC1(CC)CC2(CC(C)(C)N1[O])OCC(COCCC(=O)CCCCCCC(=O)OCC1COC3(CC(C)(C)N(O)C(CC)(CC)C3)O1)O2. The summed E-state index contributed by atoms with van der Waals surface area (Å²) in [6.45, 7) is 17.8. The Bertz CT molecular complexity index is 1120. The average molecular weight is 712 g/mol. The Morgan fingerprint density at radius 3 is 1.80 bits per heavy atom. The van der Waals surface area contributed by atoms with Crippen molar-refractivity contribution in [2.75, 3.05) is 33.0 Å². The molecule has 0 bridgehead atoms. The van der Waals surface area contributed by atoms with Crippen molar-refractivity contribution in [1.82, 2.24) is 10.1 Å². The van der Waals surface area contributed by atoms with Crippen LogP contribution in [-0.2, 0) is 43.2 Å². The van der Waals surface area contributed by atoms with Gasteiger partial charge in [0.15, 0.2) is 11.6 Å². The van der Waals surface area contributed by atoms with Crippen molar-refractivity contribution >= 4 is 11.8 Å². The Hall–Kier alpha value is -1.22. The summed E-state index contributed by atoms with van der Waals surface area (Å²) in [7, 11) is 0. The van der Waals surface area contributed by atoms with Crippen LogP contribution < -0.4 is 0 Å². The van der Waals surface area contributed by atoms with Crippen molar-refractivity contribution < 1.29 is 48.4 Å². The van der Waals surface area contributed by atoms with Crippen molar-refractivity contribution in [1.29, 1.82) is 0 Å². The number of hydroxylamine groups is 4. The summed E-state index contributed by atoms with van der Waals surface area (Å²) >= 11 is 0. The Morgan fingerprint density at radius 2 is 1.22 bits per heavy atom. The van der Waals surface area contributed by atoms with Crippen LogP contribution in [0.15, 0.2) is 0 Å². The summed E-state index contributed by atoms with van der Waals surface area (Å²) in [5.41, 5.74) is -2.03. The monoisotopic (exact) mass is 711 g/mol. The number of piperidine rings is 2. The molecule has 4 fully saturated rings. The van der Waals surface area contributed by atoms with Gasteiger partial charge in [0, 0.05) is 56.0 Å². The average Bonchev–Trinajstić information content (AvgIpc) is 3.65. The van der Waals surface area contributed by atoms with Gasteiger partial charge in [-0.25, -0.2) is 0 Å². The molecule has 4 rings (SSSR count). The Kier molecular flexibility index (Phi) is 14.0. The molecule has 4 aliphatic rings. The van der Waals surface area contributed by atoms with Crippen LogP contribution >= 0.6 is 0 Å². The van der Waals surface area contributed by atoms with E-state index in [1.807, 2.05) is 27.7 Å². The van der Waals surface area contributed by atoms with Gasteiger partial charge >= 0.3 is 5.97 Å². The van der Waals surface area contributed by atoms with Crippen LogP contribution in [0.2, 0.25) is 0 Å². The van der Waals surface area contributed by atoms with E-state index in [4.69, 9.17) is 28.4 Å². The zero-order valence-electron chi connectivity index (χ0n) is 32.3. The van der Waals surface area contributed by atoms with Crippen LogP contribution in [0, 0.1) is 0 Å². The molecule has 4 saturated heterocycles. The molecule has 0 aromatic carbocycles. The molecule has 2 spiro atoms. The minimum Gasteiger partial charge on any atom is -0.463 e. The molecule has 0 amide bonds. The first-order valence-electron chi connectivity index (χ1n) is 19.4. The van der Waals surface area contributed by atoms with Crippen molar-refractivity contribution in [3.8, 4) is 0 Å². The highest BCUT2D eigenvalue weighted by molar-refractivity contribution is 5.78. The first kappa shape index (κ1) is 41.5. The molecule has 4 heterocycles. The maximum Gasteiger partial charge on any atom is 0.305 e. The lowest BCUT2D eigenvalue weighted by molar-refractivity contribution is -0.352. The first-order chi connectivity index (χ1) is 23.5. The second kappa shape index (κ2) is 16.8. The number of esters is 1. The van der Waals surface area contributed by atoms with Gasteiger partial charge in [0.1, 0.15) is 24.6 Å². The second-order valence-corrected chi connectivity index (χ2v) is 16.7. The van der Waals surface area contributed by atoms with E-state index in [9.17, 15) is 20.0 Å². The lowest BCUT2D eigenvalue weighted by Gasteiger charge is -2.56. The molecular formula is C38H67N2O10. The number of ketones is 1. The Balaban J connectivity index is 1.03. The molecular weight excluding hydrogens is 644 g/mol. The standard InChI is InChI=1S/C38H67N2O10/c1-9-35(10-2)27-37(25-33(5,6)39(35)43)47-23-30(49-37)21-45-20-19-29(41)17-15-13-14-16-18-32(42)46-22-31-24-48-38(50-31)26-34(7,8)40(44)36(11-3,12-4)28-38/h30-31,44H,9-28H2,1-8H3. The molecule has 289 valence electrons. The van der Waals surface area contributed by atoms with Crippen LogP contribution in [0.5, 0.6) is 0 Å². The molecule has 4 unspecified atom stereocenters. The van der Waals surface area contributed by atoms with Crippen LogP contribution in [-0.4, -0.2) is 106 Å². The number of unbranched alkanes of at least 4 members (excludes halogenated alkanes) is 3. The number of carbonyl (C=O) groups is 2.